The van der Waals surface area contributed by atoms with Gasteiger partial charge in [0.1, 0.15) is 23.0 Å². The maximum atomic E-state index is 12.3. The maximum Gasteiger partial charge on any atom is 0.410 e. The highest BCUT2D eigenvalue weighted by atomic mass is 16.6. The molecular weight excluding hydrogens is 598 g/mol. The van der Waals surface area contributed by atoms with Gasteiger partial charge in [0.25, 0.3) is 0 Å². The molecule has 2 saturated heterocycles. The van der Waals surface area contributed by atoms with Crippen molar-refractivity contribution in [3.05, 3.63) is 29.8 Å². The first-order chi connectivity index (χ1) is 22.2. The van der Waals surface area contributed by atoms with E-state index in [1.165, 1.54) is 0 Å². The van der Waals surface area contributed by atoms with Crippen molar-refractivity contribution >= 4 is 18.2 Å². The summed E-state index contributed by atoms with van der Waals surface area (Å²) < 4.78 is 16.9. The first-order valence-corrected chi connectivity index (χ1v) is 17.8. The van der Waals surface area contributed by atoms with Gasteiger partial charge in [0.05, 0.1) is 6.61 Å². The van der Waals surface area contributed by atoms with E-state index in [9.17, 15) is 19.5 Å². The van der Waals surface area contributed by atoms with E-state index < -0.39 is 23.2 Å². The molecule has 0 aromatic heterocycles. The molecule has 2 aliphatic rings. The fourth-order valence-electron chi connectivity index (χ4n) is 6.23. The number of carboxylic acid groups (broad SMARTS) is 1. The van der Waals surface area contributed by atoms with E-state index in [1.54, 1.807) is 0 Å². The number of unbranched alkanes of at least 4 members (excludes halogenated alkanes) is 2. The summed E-state index contributed by atoms with van der Waals surface area (Å²) in [6.07, 6.45) is 10.3. The van der Waals surface area contributed by atoms with Gasteiger partial charge in [-0.25, -0.2) is 9.59 Å². The van der Waals surface area contributed by atoms with Crippen LogP contribution in [0.2, 0.25) is 0 Å². The molecule has 266 valence electrons. The number of carboxylic acids is 1. The van der Waals surface area contributed by atoms with Gasteiger partial charge in [-0.1, -0.05) is 31.4 Å². The summed E-state index contributed by atoms with van der Waals surface area (Å²) in [5.41, 5.74) is 0.0349. The van der Waals surface area contributed by atoms with E-state index >= 15 is 0 Å². The average Bonchev–Trinajstić information content (AvgIpc) is 2.99. The van der Waals surface area contributed by atoms with Crippen molar-refractivity contribution in [1.29, 1.82) is 0 Å². The van der Waals surface area contributed by atoms with Crippen LogP contribution in [-0.4, -0.2) is 89.6 Å². The molecule has 10 nitrogen and oxygen atoms in total. The SMILES string of the molecule is CC(C)(C)OC(=O)N1CCC(CCCCN[C@@H](Cc2ccc(OCCCCC3CCN(C(=O)OC(C)(C)C)CC3)cc2)C(=O)O)CC1. The van der Waals surface area contributed by atoms with Crippen LogP contribution in [0.25, 0.3) is 0 Å². The van der Waals surface area contributed by atoms with Crippen LogP contribution in [0, 0.1) is 11.8 Å². The van der Waals surface area contributed by atoms with Gasteiger partial charge < -0.3 is 34.4 Å². The van der Waals surface area contributed by atoms with E-state index in [-0.39, 0.29) is 12.2 Å². The van der Waals surface area contributed by atoms with Gasteiger partial charge in [-0.15, -0.1) is 0 Å². The van der Waals surface area contributed by atoms with Crippen molar-refractivity contribution in [2.75, 3.05) is 39.3 Å². The van der Waals surface area contributed by atoms with E-state index in [0.717, 1.165) is 102 Å². The van der Waals surface area contributed by atoms with Crippen LogP contribution in [-0.2, 0) is 20.7 Å². The zero-order chi connectivity index (χ0) is 34.5. The first kappa shape index (κ1) is 38.4. The Morgan fingerprint density at radius 1 is 0.766 bits per heavy atom. The third-order valence-corrected chi connectivity index (χ3v) is 8.90. The zero-order valence-electron chi connectivity index (χ0n) is 29.9. The monoisotopic (exact) mass is 659 g/mol. The number of carbonyl (C=O) groups is 3. The highest BCUT2D eigenvalue weighted by Gasteiger charge is 2.28. The fraction of sp³-hybridized carbons (Fsp3) is 0.757. The topological polar surface area (TPSA) is 118 Å². The van der Waals surface area contributed by atoms with Crippen LogP contribution in [0.4, 0.5) is 9.59 Å². The second-order valence-corrected chi connectivity index (χ2v) is 15.4. The molecule has 47 heavy (non-hydrogen) atoms. The standard InChI is InChI=1S/C37H61N3O7/c1-36(2,3)46-34(43)39-22-17-28(18-23-39)11-7-9-21-38-32(33(41)42)27-30-13-15-31(16-14-30)45-26-10-8-12-29-19-24-40(25-20-29)35(44)47-37(4,5)6/h13-16,28-29,32,38H,7-12,17-27H2,1-6H3,(H,41,42)/t32-/m0/s1. The third kappa shape index (κ3) is 15.2. The van der Waals surface area contributed by atoms with Gasteiger partial charge >= 0.3 is 18.2 Å². The fourth-order valence-corrected chi connectivity index (χ4v) is 6.23. The molecule has 0 aliphatic carbocycles. The Morgan fingerprint density at radius 2 is 1.23 bits per heavy atom. The quantitative estimate of drug-likeness (QED) is 0.189. The second-order valence-electron chi connectivity index (χ2n) is 15.4. The van der Waals surface area contributed by atoms with Crippen molar-refractivity contribution in [2.45, 2.75) is 129 Å². The summed E-state index contributed by atoms with van der Waals surface area (Å²) in [7, 11) is 0. The molecule has 1 aromatic rings. The Hall–Kier alpha value is -3.01. The van der Waals surface area contributed by atoms with E-state index in [2.05, 4.69) is 5.32 Å². The van der Waals surface area contributed by atoms with Crippen LogP contribution in [0.5, 0.6) is 5.75 Å². The van der Waals surface area contributed by atoms with E-state index in [4.69, 9.17) is 14.2 Å². The molecule has 1 atom stereocenters. The van der Waals surface area contributed by atoms with Crippen LogP contribution >= 0.6 is 0 Å². The predicted molar refractivity (Wildman–Crippen MR) is 184 cm³/mol. The molecule has 0 spiro atoms. The van der Waals surface area contributed by atoms with Crippen molar-refractivity contribution < 1.29 is 33.7 Å². The number of hydrogen-bond acceptors (Lipinski definition) is 7. The molecule has 10 heteroatoms. The largest absolute Gasteiger partial charge is 0.494 e. The summed E-state index contributed by atoms with van der Waals surface area (Å²) in [4.78, 5) is 40.1. The number of nitrogens with zero attached hydrogens (tertiary/aromatic N) is 2. The third-order valence-electron chi connectivity index (χ3n) is 8.90. The Bertz CT molecular complexity index is 1100. The molecule has 1 aromatic carbocycles. The normalized spacial score (nSPS) is 17.3. The highest BCUT2D eigenvalue weighted by Crippen LogP contribution is 2.25. The number of rotatable bonds is 15. The number of likely N-dealkylation sites (tertiary alicyclic amines) is 2. The zero-order valence-corrected chi connectivity index (χ0v) is 29.9. The van der Waals surface area contributed by atoms with Gasteiger partial charge in [-0.3, -0.25) is 4.79 Å². The van der Waals surface area contributed by atoms with Crippen LogP contribution < -0.4 is 10.1 Å². The lowest BCUT2D eigenvalue weighted by atomic mass is 9.91. The number of ether oxygens (including phenoxy) is 3. The molecule has 0 radical (unpaired) electrons. The summed E-state index contributed by atoms with van der Waals surface area (Å²) >= 11 is 0. The van der Waals surface area contributed by atoms with E-state index in [0.29, 0.717) is 31.4 Å². The van der Waals surface area contributed by atoms with Crippen LogP contribution in [0.3, 0.4) is 0 Å². The van der Waals surface area contributed by atoms with Crippen LogP contribution in [0.15, 0.2) is 24.3 Å². The number of carbonyl (C=O) groups excluding carboxylic acids is 2. The number of amides is 2. The van der Waals surface area contributed by atoms with Gasteiger partial charge in [0, 0.05) is 26.2 Å². The molecule has 0 unspecified atom stereocenters. The molecule has 0 bridgehead atoms. The lowest BCUT2D eigenvalue weighted by Gasteiger charge is -2.33. The van der Waals surface area contributed by atoms with Gasteiger partial charge in [-0.05, 0) is 129 Å². The molecular formula is C37H61N3O7. The minimum Gasteiger partial charge on any atom is -0.494 e. The molecule has 2 amide bonds. The number of benzene rings is 1. The lowest BCUT2D eigenvalue weighted by Crippen LogP contribution is -2.41. The van der Waals surface area contributed by atoms with Gasteiger partial charge in [0.15, 0.2) is 0 Å². The number of nitrogens with one attached hydrogen (secondary N) is 1. The minimum atomic E-state index is -0.838. The molecule has 2 aliphatic heterocycles. The minimum absolute atomic E-state index is 0.206. The van der Waals surface area contributed by atoms with E-state index in [1.807, 2.05) is 75.6 Å². The molecule has 2 heterocycles. The number of piperidine rings is 2. The van der Waals surface area contributed by atoms with Gasteiger partial charge in [0.2, 0.25) is 0 Å². The van der Waals surface area contributed by atoms with Crippen molar-refractivity contribution in [3.8, 4) is 5.75 Å². The molecule has 0 saturated carbocycles. The molecule has 2 fully saturated rings. The number of aliphatic carboxylic acids is 1. The highest BCUT2D eigenvalue weighted by molar-refractivity contribution is 5.74. The summed E-state index contributed by atoms with van der Waals surface area (Å²) in [6.45, 7) is 15.7. The van der Waals surface area contributed by atoms with Gasteiger partial charge in [-0.2, -0.15) is 0 Å². The van der Waals surface area contributed by atoms with Crippen molar-refractivity contribution in [3.63, 3.8) is 0 Å². The smallest absolute Gasteiger partial charge is 0.410 e. The Morgan fingerprint density at radius 3 is 1.68 bits per heavy atom. The maximum absolute atomic E-state index is 12.3. The lowest BCUT2D eigenvalue weighted by molar-refractivity contribution is -0.139. The first-order valence-electron chi connectivity index (χ1n) is 17.8. The summed E-state index contributed by atoms with van der Waals surface area (Å²) in [5, 5.41) is 13.0. The van der Waals surface area contributed by atoms with Crippen molar-refractivity contribution in [2.24, 2.45) is 11.8 Å². The Labute approximate surface area is 282 Å². The Kier molecular flexibility index (Phi) is 15.1. The summed E-state index contributed by atoms with van der Waals surface area (Å²) in [6, 6.07) is 7.13. The van der Waals surface area contributed by atoms with Crippen LogP contribution in [0.1, 0.15) is 111 Å². The number of hydrogen-bond donors (Lipinski definition) is 2. The Balaban J connectivity index is 1.24. The second kappa shape index (κ2) is 18.5. The predicted octanol–water partition coefficient (Wildman–Crippen LogP) is 7.29. The molecule has 3 rings (SSSR count). The molecule has 2 N–H and O–H groups in total. The average molecular weight is 660 g/mol. The summed E-state index contributed by atoms with van der Waals surface area (Å²) in [5.74, 6) is 1.20. The van der Waals surface area contributed by atoms with Crippen molar-refractivity contribution in [1.82, 2.24) is 15.1 Å².